The van der Waals surface area contributed by atoms with Gasteiger partial charge in [-0.05, 0) is 42.0 Å². The predicted octanol–water partition coefficient (Wildman–Crippen LogP) is 5.22. The van der Waals surface area contributed by atoms with Gasteiger partial charge in [-0.3, -0.25) is 9.79 Å². The first-order valence-corrected chi connectivity index (χ1v) is 10.4. The van der Waals surface area contributed by atoms with E-state index in [0.717, 1.165) is 6.08 Å². The number of hydrogen-bond donors (Lipinski definition) is 4. The predicted molar refractivity (Wildman–Crippen MR) is 131 cm³/mol. The standard InChI is InChI=1S/C24H20F5N7O/c1-3-20(37)33-14-5-4-6-15(9-14)34-22-17(12-32-23(36-22)35-16(10-30)11-31-2)13-7-18(25)21(19(26)8-13)24(27,28)29/h3-12H,1,30H2,2H3,(H,33,37)(H2,32,34,35,36)/b16-10+,31-11?. The van der Waals surface area contributed by atoms with Gasteiger partial charge in [-0.1, -0.05) is 12.6 Å². The number of benzene rings is 2. The molecule has 0 bridgehead atoms. The Morgan fingerprint density at radius 3 is 2.38 bits per heavy atom. The van der Waals surface area contributed by atoms with Gasteiger partial charge in [-0.2, -0.15) is 18.2 Å². The second-order valence-corrected chi connectivity index (χ2v) is 7.30. The number of anilines is 4. The molecule has 0 fully saturated rings. The smallest absolute Gasteiger partial charge is 0.403 e. The highest BCUT2D eigenvalue weighted by Crippen LogP contribution is 2.37. The molecule has 0 atom stereocenters. The summed E-state index contributed by atoms with van der Waals surface area (Å²) in [5, 5.41) is 8.30. The first kappa shape index (κ1) is 26.8. The fourth-order valence-electron chi connectivity index (χ4n) is 3.14. The van der Waals surface area contributed by atoms with Crippen molar-refractivity contribution >= 4 is 35.3 Å². The zero-order valence-electron chi connectivity index (χ0n) is 19.2. The van der Waals surface area contributed by atoms with E-state index in [0.29, 0.717) is 29.2 Å². The van der Waals surface area contributed by atoms with Crippen molar-refractivity contribution in [2.75, 3.05) is 23.0 Å². The number of carbonyl (C=O) groups excluding carboxylic acids is 1. The Balaban J connectivity index is 2.10. The molecule has 3 rings (SSSR count). The summed E-state index contributed by atoms with van der Waals surface area (Å²) < 4.78 is 67.8. The molecular formula is C24H20F5N7O. The summed E-state index contributed by atoms with van der Waals surface area (Å²) >= 11 is 0. The van der Waals surface area contributed by atoms with E-state index in [9.17, 15) is 26.7 Å². The van der Waals surface area contributed by atoms with Crippen LogP contribution < -0.4 is 21.7 Å². The summed E-state index contributed by atoms with van der Waals surface area (Å²) in [6.07, 6.45) is -0.392. The van der Waals surface area contributed by atoms with E-state index in [4.69, 9.17) is 5.73 Å². The van der Waals surface area contributed by atoms with Crippen LogP contribution in [0.3, 0.4) is 0 Å². The quantitative estimate of drug-likeness (QED) is 0.185. The molecule has 13 heteroatoms. The average molecular weight is 517 g/mol. The van der Waals surface area contributed by atoms with Crippen LogP contribution in [-0.2, 0) is 11.0 Å². The van der Waals surface area contributed by atoms with Crippen LogP contribution in [0.1, 0.15) is 5.56 Å². The lowest BCUT2D eigenvalue weighted by molar-refractivity contribution is -0.142. The summed E-state index contributed by atoms with van der Waals surface area (Å²) in [4.78, 5) is 23.8. The van der Waals surface area contributed by atoms with Crippen LogP contribution in [0, 0.1) is 11.6 Å². The molecule has 0 aliphatic rings. The topological polar surface area (TPSA) is 117 Å². The number of nitrogens with zero attached hydrogens (tertiary/aromatic N) is 3. The Bertz CT molecular complexity index is 1360. The van der Waals surface area contributed by atoms with E-state index in [1.54, 1.807) is 18.2 Å². The van der Waals surface area contributed by atoms with Gasteiger partial charge in [0.2, 0.25) is 11.9 Å². The Morgan fingerprint density at radius 2 is 1.78 bits per heavy atom. The van der Waals surface area contributed by atoms with Crippen molar-refractivity contribution in [3.05, 3.63) is 84.3 Å². The molecule has 8 nitrogen and oxygen atoms in total. The minimum absolute atomic E-state index is 0.00757. The molecule has 2 aromatic carbocycles. The van der Waals surface area contributed by atoms with E-state index in [-0.39, 0.29) is 22.9 Å². The first-order valence-electron chi connectivity index (χ1n) is 10.4. The fraction of sp³-hybridized carbons (Fsp3) is 0.0833. The zero-order valence-corrected chi connectivity index (χ0v) is 19.2. The van der Waals surface area contributed by atoms with Crippen LogP contribution in [0.4, 0.5) is 45.1 Å². The number of carbonyl (C=O) groups is 1. The molecule has 0 radical (unpaired) electrons. The molecule has 1 amide bonds. The van der Waals surface area contributed by atoms with E-state index in [1.807, 2.05) is 0 Å². The third kappa shape index (κ3) is 6.66. The van der Waals surface area contributed by atoms with E-state index < -0.39 is 29.3 Å². The van der Waals surface area contributed by atoms with E-state index in [2.05, 4.69) is 37.5 Å². The molecule has 37 heavy (non-hydrogen) atoms. The van der Waals surface area contributed by atoms with Crippen molar-refractivity contribution in [3.63, 3.8) is 0 Å². The summed E-state index contributed by atoms with van der Waals surface area (Å²) in [6.45, 7) is 3.38. The van der Waals surface area contributed by atoms with Crippen molar-refractivity contribution in [1.82, 2.24) is 9.97 Å². The van der Waals surface area contributed by atoms with Crippen molar-refractivity contribution in [3.8, 4) is 11.1 Å². The number of amides is 1. The number of aromatic nitrogens is 2. The van der Waals surface area contributed by atoms with E-state index in [1.165, 1.54) is 31.7 Å². The lowest BCUT2D eigenvalue weighted by atomic mass is 10.0. The zero-order chi connectivity index (χ0) is 27.2. The second-order valence-electron chi connectivity index (χ2n) is 7.30. The van der Waals surface area contributed by atoms with Crippen LogP contribution in [0.2, 0.25) is 0 Å². The number of allylic oxidation sites excluding steroid dienone is 1. The summed E-state index contributed by atoms with van der Waals surface area (Å²) in [6, 6.07) is 7.42. The maximum Gasteiger partial charge on any atom is 0.422 e. The van der Waals surface area contributed by atoms with Crippen LogP contribution in [0.5, 0.6) is 0 Å². The van der Waals surface area contributed by atoms with Gasteiger partial charge in [0.15, 0.2) is 0 Å². The monoisotopic (exact) mass is 517 g/mol. The lowest BCUT2D eigenvalue weighted by Crippen LogP contribution is -2.12. The molecule has 0 aliphatic heterocycles. The van der Waals surface area contributed by atoms with Crippen LogP contribution in [-0.4, -0.2) is 29.1 Å². The highest BCUT2D eigenvalue weighted by molar-refractivity contribution is 5.99. The number of nitrogens with two attached hydrogens (primary N) is 1. The summed E-state index contributed by atoms with van der Waals surface area (Å²) in [5.74, 6) is -4.07. The normalized spacial score (nSPS) is 11.9. The fourth-order valence-corrected chi connectivity index (χ4v) is 3.14. The largest absolute Gasteiger partial charge is 0.422 e. The SMILES string of the molecule is C=CC(=O)Nc1cccc(Nc2nc(N/C(C=NC)=C/N)ncc2-c2cc(F)c(C(F)(F)F)c(F)c2)c1. The van der Waals surface area contributed by atoms with Gasteiger partial charge < -0.3 is 21.7 Å². The van der Waals surface area contributed by atoms with Gasteiger partial charge >= 0.3 is 6.18 Å². The Morgan fingerprint density at radius 1 is 1.11 bits per heavy atom. The molecule has 0 spiro atoms. The van der Waals surface area contributed by atoms with Gasteiger partial charge in [0, 0.05) is 42.6 Å². The molecule has 1 heterocycles. The molecule has 0 unspecified atom stereocenters. The third-order valence-corrected chi connectivity index (χ3v) is 4.71. The lowest BCUT2D eigenvalue weighted by Gasteiger charge is -2.16. The van der Waals surface area contributed by atoms with Gasteiger partial charge in [0.05, 0.1) is 5.70 Å². The number of rotatable bonds is 8. The van der Waals surface area contributed by atoms with Crippen molar-refractivity contribution in [2.45, 2.75) is 6.18 Å². The molecule has 192 valence electrons. The Labute approximate surface area is 207 Å². The van der Waals surface area contributed by atoms with Crippen molar-refractivity contribution in [2.24, 2.45) is 10.7 Å². The number of halogens is 5. The van der Waals surface area contributed by atoms with Crippen molar-refractivity contribution < 1.29 is 26.7 Å². The van der Waals surface area contributed by atoms with Gasteiger partial charge in [0.1, 0.15) is 23.0 Å². The molecule has 5 N–H and O–H groups in total. The highest BCUT2D eigenvalue weighted by Gasteiger charge is 2.38. The highest BCUT2D eigenvalue weighted by atomic mass is 19.4. The summed E-state index contributed by atoms with van der Waals surface area (Å²) in [7, 11) is 1.51. The molecule has 0 aliphatic carbocycles. The third-order valence-electron chi connectivity index (χ3n) is 4.71. The molecule has 3 aromatic rings. The van der Waals surface area contributed by atoms with Crippen LogP contribution in [0.15, 0.2) is 72.1 Å². The minimum atomic E-state index is -5.22. The number of aliphatic imine (C=N–C) groups is 1. The van der Waals surface area contributed by atoms with Crippen LogP contribution >= 0.6 is 0 Å². The molecule has 0 saturated heterocycles. The van der Waals surface area contributed by atoms with Crippen molar-refractivity contribution in [1.29, 1.82) is 0 Å². The maximum absolute atomic E-state index is 14.3. The number of nitrogens with one attached hydrogen (secondary N) is 3. The average Bonchev–Trinajstić information content (AvgIpc) is 2.82. The maximum atomic E-state index is 14.3. The van der Waals surface area contributed by atoms with Crippen LogP contribution in [0.25, 0.3) is 11.1 Å². The van der Waals surface area contributed by atoms with Gasteiger partial charge in [-0.25, -0.2) is 13.8 Å². The summed E-state index contributed by atoms with van der Waals surface area (Å²) in [5.41, 5.74) is 4.36. The molecule has 1 aromatic heterocycles. The number of hydrogen-bond acceptors (Lipinski definition) is 7. The second kappa shape index (κ2) is 11.3. The molecular weight excluding hydrogens is 497 g/mol. The Kier molecular flexibility index (Phi) is 8.17. The van der Waals surface area contributed by atoms with Gasteiger partial charge in [0.25, 0.3) is 0 Å². The Hall–Kier alpha value is -4.81. The van der Waals surface area contributed by atoms with E-state index >= 15 is 0 Å². The van der Waals surface area contributed by atoms with Gasteiger partial charge in [-0.15, -0.1) is 0 Å². The first-order chi connectivity index (χ1) is 17.5. The number of alkyl halides is 3. The molecule has 0 saturated carbocycles. The minimum Gasteiger partial charge on any atom is -0.403 e.